The van der Waals surface area contributed by atoms with E-state index >= 15 is 0 Å². The molecule has 1 N–H and O–H groups in total. The van der Waals surface area contributed by atoms with E-state index in [2.05, 4.69) is 0 Å². The molecule has 2 atom stereocenters. The van der Waals surface area contributed by atoms with E-state index in [0.29, 0.717) is 18.1 Å². The number of aliphatic hydroxyl groups is 1. The van der Waals surface area contributed by atoms with Gasteiger partial charge in [-0.15, -0.1) is 11.8 Å². The smallest absolute Gasteiger partial charge is 0.257 e. The summed E-state index contributed by atoms with van der Waals surface area (Å²) in [7, 11) is 5.52. The SMILES string of the molecule is COc1ccc([C@H]2Sc3cc(Cl)ccc3N(CCN(C)C)C(=O)[C@H]2O)cc1. The molecule has 0 aliphatic carbocycles. The Bertz CT molecular complexity index is 813. The number of amides is 1. The molecule has 27 heavy (non-hydrogen) atoms. The van der Waals surface area contributed by atoms with Gasteiger partial charge in [0.15, 0.2) is 0 Å². The summed E-state index contributed by atoms with van der Waals surface area (Å²) in [5.41, 5.74) is 1.65. The highest BCUT2D eigenvalue weighted by Crippen LogP contribution is 2.46. The molecule has 7 heteroatoms. The maximum atomic E-state index is 13.1. The first-order valence-electron chi connectivity index (χ1n) is 8.65. The molecule has 1 aliphatic heterocycles. The van der Waals surface area contributed by atoms with E-state index in [1.54, 1.807) is 18.1 Å². The third-order valence-electron chi connectivity index (χ3n) is 4.49. The van der Waals surface area contributed by atoms with Crippen molar-refractivity contribution in [1.29, 1.82) is 0 Å². The van der Waals surface area contributed by atoms with Crippen molar-refractivity contribution in [3.05, 3.63) is 53.1 Å². The number of methoxy groups -OCH3 is 1. The molecule has 5 nitrogen and oxygen atoms in total. The summed E-state index contributed by atoms with van der Waals surface area (Å²) in [6.45, 7) is 1.19. The third-order valence-corrected chi connectivity index (χ3v) is 6.09. The van der Waals surface area contributed by atoms with Gasteiger partial charge >= 0.3 is 0 Å². The highest BCUT2D eigenvalue weighted by molar-refractivity contribution is 7.99. The number of nitrogens with zero attached hydrogens (tertiary/aromatic N) is 2. The standard InChI is InChI=1S/C20H23ClN2O3S/c1-22(2)10-11-23-16-9-6-14(21)12-17(16)27-19(18(24)20(23)25)13-4-7-15(26-3)8-5-13/h4-9,12,18-19,24H,10-11H2,1-3H3/t18-,19+/m0/s1. The summed E-state index contributed by atoms with van der Waals surface area (Å²) in [6.07, 6.45) is -1.16. The first-order chi connectivity index (χ1) is 12.9. The Balaban J connectivity index is 2.01. The Hall–Kier alpha value is -1.73. The largest absolute Gasteiger partial charge is 0.497 e. The third kappa shape index (κ3) is 4.41. The number of fused-ring (bicyclic) bond motifs is 1. The lowest BCUT2D eigenvalue weighted by Crippen LogP contribution is -2.43. The highest BCUT2D eigenvalue weighted by Gasteiger charge is 2.37. The molecule has 0 radical (unpaired) electrons. The number of aliphatic hydroxyl groups excluding tert-OH is 1. The molecule has 0 saturated heterocycles. The molecule has 0 aromatic heterocycles. The van der Waals surface area contributed by atoms with Crippen LogP contribution in [0.3, 0.4) is 0 Å². The van der Waals surface area contributed by atoms with Crippen molar-refractivity contribution in [1.82, 2.24) is 4.90 Å². The van der Waals surface area contributed by atoms with Crippen LogP contribution in [0.1, 0.15) is 10.8 Å². The number of anilines is 1. The summed E-state index contributed by atoms with van der Waals surface area (Å²) in [6, 6.07) is 12.9. The summed E-state index contributed by atoms with van der Waals surface area (Å²) in [4.78, 5) is 17.6. The predicted octanol–water partition coefficient (Wildman–Crippen LogP) is 3.45. The number of hydrogen-bond acceptors (Lipinski definition) is 5. The van der Waals surface area contributed by atoms with Gasteiger partial charge in [0.1, 0.15) is 11.9 Å². The van der Waals surface area contributed by atoms with Gasteiger partial charge in [-0.2, -0.15) is 0 Å². The van der Waals surface area contributed by atoms with Gasteiger partial charge < -0.3 is 19.6 Å². The Morgan fingerprint density at radius 3 is 2.56 bits per heavy atom. The van der Waals surface area contributed by atoms with Gasteiger partial charge in [-0.1, -0.05) is 23.7 Å². The van der Waals surface area contributed by atoms with Crippen molar-refractivity contribution in [3.8, 4) is 5.75 Å². The first kappa shape index (κ1) is 20.0. The van der Waals surface area contributed by atoms with Gasteiger partial charge in [0.05, 0.1) is 18.0 Å². The van der Waals surface area contributed by atoms with Crippen molar-refractivity contribution in [3.63, 3.8) is 0 Å². The van der Waals surface area contributed by atoms with E-state index in [1.165, 1.54) is 11.8 Å². The van der Waals surface area contributed by atoms with Gasteiger partial charge in [-0.3, -0.25) is 4.79 Å². The van der Waals surface area contributed by atoms with E-state index in [4.69, 9.17) is 16.3 Å². The number of likely N-dealkylation sites (N-methyl/N-ethyl adjacent to an activating group) is 1. The molecule has 0 saturated carbocycles. The van der Waals surface area contributed by atoms with Crippen LogP contribution >= 0.6 is 23.4 Å². The van der Waals surface area contributed by atoms with Crippen molar-refractivity contribution < 1.29 is 14.6 Å². The van der Waals surface area contributed by atoms with Crippen molar-refractivity contribution in [2.75, 3.05) is 39.2 Å². The van der Waals surface area contributed by atoms with Crippen LogP contribution in [0, 0.1) is 0 Å². The van der Waals surface area contributed by atoms with Crippen molar-refractivity contribution in [2.45, 2.75) is 16.2 Å². The maximum absolute atomic E-state index is 13.1. The fraction of sp³-hybridized carbons (Fsp3) is 0.350. The molecule has 144 valence electrons. The fourth-order valence-electron chi connectivity index (χ4n) is 2.99. The normalized spacial score (nSPS) is 19.8. The number of carbonyl (C=O) groups is 1. The quantitative estimate of drug-likeness (QED) is 0.824. The van der Waals surface area contributed by atoms with Gasteiger partial charge in [0, 0.05) is 23.0 Å². The molecule has 2 aromatic carbocycles. The molecule has 0 spiro atoms. The number of halogens is 1. The molecular formula is C20H23ClN2O3S. The summed E-state index contributed by atoms with van der Waals surface area (Å²) in [5, 5.41) is 11.1. The number of ether oxygens (including phenoxy) is 1. The number of benzene rings is 2. The van der Waals surface area contributed by atoms with Crippen LogP contribution in [-0.4, -0.2) is 56.3 Å². The van der Waals surface area contributed by atoms with Crippen molar-refractivity contribution >= 4 is 35.0 Å². The van der Waals surface area contributed by atoms with E-state index < -0.39 is 11.4 Å². The second-order valence-electron chi connectivity index (χ2n) is 6.66. The Morgan fingerprint density at radius 1 is 1.22 bits per heavy atom. The van der Waals surface area contributed by atoms with E-state index in [9.17, 15) is 9.90 Å². The Morgan fingerprint density at radius 2 is 1.93 bits per heavy atom. The topological polar surface area (TPSA) is 53.0 Å². The Kier molecular flexibility index (Phi) is 6.32. The fourth-order valence-corrected chi connectivity index (χ4v) is 4.53. The van der Waals surface area contributed by atoms with Crippen LogP contribution in [0.25, 0.3) is 0 Å². The average Bonchev–Trinajstić information content (AvgIpc) is 2.75. The average molecular weight is 407 g/mol. The lowest BCUT2D eigenvalue weighted by Gasteiger charge is -2.26. The number of carbonyl (C=O) groups excluding carboxylic acids is 1. The maximum Gasteiger partial charge on any atom is 0.257 e. The van der Waals surface area contributed by atoms with Crippen molar-refractivity contribution in [2.24, 2.45) is 0 Å². The zero-order valence-electron chi connectivity index (χ0n) is 15.6. The summed E-state index contributed by atoms with van der Waals surface area (Å²) >= 11 is 7.66. The molecule has 1 amide bonds. The van der Waals surface area contributed by atoms with Crippen LogP contribution in [0.4, 0.5) is 5.69 Å². The molecule has 3 rings (SSSR count). The second kappa shape index (κ2) is 8.52. The van der Waals surface area contributed by atoms with Crippen LogP contribution in [0.5, 0.6) is 5.75 Å². The minimum Gasteiger partial charge on any atom is -0.497 e. The predicted molar refractivity (Wildman–Crippen MR) is 110 cm³/mol. The molecule has 1 aliphatic rings. The molecule has 0 bridgehead atoms. The van der Waals surface area contributed by atoms with Gasteiger partial charge in [0.2, 0.25) is 0 Å². The first-order valence-corrected chi connectivity index (χ1v) is 9.91. The molecule has 0 unspecified atom stereocenters. The minimum atomic E-state index is -1.16. The van der Waals surface area contributed by atoms with Gasteiger partial charge in [-0.25, -0.2) is 0 Å². The minimum absolute atomic E-state index is 0.300. The lowest BCUT2D eigenvalue weighted by molar-refractivity contribution is -0.126. The summed E-state index contributed by atoms with van der Waals surface area (Å²) < 4.78 is 5.21. The van der Waals surface area contributed by atoms with Crippen LogP contribution < -0.4 is 9.64 Å². The van der Waals surface area contributed by atoms with Crippen LogP contribution in [-0.2, 0) is 4.79 Å². The van der Waals surface area contributed by atoms with Crippen LogP contribution in [0.2, 0.25) is 5.02 Å². The van der Waals surface area contributed by atoms with Crippen LogP contribution in [0.15, 0.2) is 47.4 Å². The zero-order valence-corrected chi connectivity index (χ0v) is 17.1. The molecule has 1 heterocycles. The summed E-state index contributed by atoms with van der Waals surface area (Å²) in [5.74, 6) is 0.431. The number of thioether (sulfide) groups is 1. The van der Waals surface area contributed by atoms with Gasteiger partial charge in [-0.05, 0) is 50.0 Å². The second-order valence-corrected chi connectivity index (χ2v) is 8.28. The van der Waals surface area contributed by atoms with E-state index in [0.717, 1.165) is 21.9 Å². The lowest BCUT2D eigenvalue weighted by atomic mass is 10.1. The number of hydrogen-bond donors (Lipinski definition) is 1. The zero-order chi connectivity index (χ0) is 19.6. The molecular weight excluding hydrogens is 384 g/mol. The van der Waals surface area contributed by atoms with E-state index in [1.807, 2.05) is 55.4 Å². The number of rotatable bonds is 5. The monoisotopic (exact) mass is 406 g/mol. The van der Waals surface area contributed by atoms with Gasteiger partial charge in [0.25, 0.3) is 5.91 Å². The Labute approximate surface area is 168 Å². The molecule has 2 aromatic rings. The van der Waals surface area contributed by atoms with E-state index in [-0.39, 0.29) is 5.91 Å². The highest BCUT2D eigenvalue weighted by atomic mass is 35.5. The molecule has 0 fully saturated rings.